The lowest BCUT2D eigenvalue weighted by molar-refractivity contribution is -0.282. The van der Waals surface area contributed by atoms with Crippen LogP contribution in [0.15, 0.2) is 24.8 Å². The van der Waals surface area contributed by atoms with Crippen molar-refractivity contribution in [1.29, 1.82) is 0 Å². The van der Waals surface area contributed by atoms with Gasteiger partial charge in [0.1, 0.15) is 85.3 Å². The predicted octanol–water partition coefficient (Wildman–Crippen LogP) is -3.43. The summed E-state index contributed by atoms with van der Waals surface area (Å²) in [6, 6.07) is -3.80. The number of Topliss-reactive ketones (excluding diaryl/α,β-unsaturated/α-hetero) is 1. The number of nitrogens with one attached hydrogen (secondary N) is 3. The number of aryl methyl sites for hydroxylation is 4. The van der Waals surface area contributed by atoms with Gasteiger partial charge < -0.3 is 115 Å². The maximum atomic E-state index is 15.1. The fourth-order valence-electron chi connectivity index (χ4n) is 14.4. The Morgan fingerprint density at radius 3 is 1.03 bits per heavy atom. The molecule has 0 saturated carbocycles. The van der Waals surface area contributed by atoms with E-state index in [4.69, 9.17) is 37.9 Å². The van der Waals surface area contributed by atoms with E-state index in [9.17, 15) is 75.7 Å². The van der Waals surface area contributed by atoms with Crippen LogP contribution >= 0.6 is 0 Å². The minimum absolute atomic E-state index is 0.00579. The van der Waals surface area contributed by atoms with Crippen molar-refractivity contribution in [2.45, 2.75) is 320 Å². The van der Waals surface area contributed by atoms with E-state index in [1.54, 1.807) is 25.7 Å². The van der Waals surface area contributed by atoms with Crippen LogP contribution in [-0.4, -0.2) is 337 Å². The summed E-state index contributed by atoms with van der Waals surface area (Å²) in [4.78, 5) is 55.2. The first-order valence-corrected chi connectivity index (χ1v) is 39.9. The van der Waals surface area contributed by atoms with Gasteiger partial charge >= 0.3 is 0 Å². The molecule has 8 heterocycles. The quantitative estimate of drug-likeness (QED) is 0.0191. The van der Waals surface area contributed by atoms with E-state index < -0.39 is 178 Å². The lowest BCUT2D eigenvalue weighted by Gasteiger charge is -2.42. The Balaban J connectivity index is 0.919. The Bertz CT molecular complexity index is 3360. The van der Waals surface area contributed by atoms with E-state index in [0.717, 1.165) is 18.5 Å². The molecule has 0 radical (unpaired) electrons. The lowest BCUT2D eigenvalue weighted by Crippen LogP contribution is -2.64. The molecule has 0 bridgehead atoms. The summed E-state index contributed by atoms with van der Waals surface area (Å²) in [5.74, 6) is -1.85. The highest BCUT2D eigenvalue weighted by molar-refractivity contribution is 5.88. The van der Waals surface area contributed by atoms with Crippen LogP contribution in [0.3, 0.4) is 0 Å². The van der Waals surface area contributed by atoms with Crippen LogP contribution in [0.1, 0.15) is 168 Å². The maximum absolute atomic E-state index is 15.1. The Morgan fingerprint density at radius 1 is 0.421 bits per heavy atom. The number of ketones is 1. The summed E-state index contributed by atoms with van der Waals surface area (Å²) in [5.41, 5.74) is 1.86. The van der Waals surface area contributed by atoms with Gasteiger partial charge in [-0.05, 0) is 96.4 Å². The topological polar surface area (TPSA) is 550 Å². The SMILES string of the molecule is CC(=O)N[C@H]1[C@H](OCCCCCn2cc(CN(CCCC[C@H](C(=O)C(C)(C)C)N(Cc3cn(CCCCCO[C@@H]4O[C@H](CO)[C@H](O)[C@H](O)[C@H]4NC(C)=O)nn3)Cc3cn(CCCCCO[C@@H]4O[C@H](CO)[C@H](O)[C@H](O)[C@H]4NC(C)=O)nn3)Cc3cn(CCCCCO[C@@H]4O[C@H](CO)[C@H](O)[C@H](O)[C@H]4C)nn3)nn2)O[C@H](CO)[C@H](O)[C@@H]1O. The van der Waals surface area contributed by atoms with Gasteiger partial charge in [0.15, 0.2) is 30.9 Å². The van der Waals surface area contributed by atoms with Gasteiger partial charge in [0, 0.05) is 136 Å². The molecule has 8 rings (SSSR count). The van der Waals surface area contributed by atoms with Crippen molar-refractivity contribution in [2.24, 2.45) is 11.3 Å². The van der Waals surface area contributed by atoms with Gasteiger partial charge in [-0.25, -0.2) is 0 Å². The smallest absolute Gasteiger partial charge is 0.217 e. The third-order valence-corrected chi connectivity index (χ3v) is 20.7. The van der Waals surface area contributed by atoms with Crippen molar-refractivity contribution in [1.82, 2.24) is 85.7 Å². The number of hydrogen-bond donors (Lipinski definition) is 15. The van der Waals surface area contributed by atoms with Crippen LogP contribution in [0, 0.1) is 11.3 Å². The van der Waals surface area contributed by atoms with Crippen LogP contribution in [-0.2, 0) is 109 Å². The molecule has 0 spiro atoms. The first kappa shape index (κ1) is 93.3. The fraction of sp³-hybridized carbons (Fsp3) is 0.836. The molecule has 4 saturated heterocycles. The average molecular weight is 1620 g/mol. The zero-order valence-corrected chi connectivity index (χ0v) is 66.6. The minimum Gasteiger partial charge on any atom is -0.394 e. The second kappa shape index (κ2) is 46.8. The molecule has 41 heteroatoms. The Labute approximate surface area is 663 Å². The summed E-state index contributed by atoms with van der Waals surface area (Å²) in [7, 11) is 0. The number of aliphatic hydroxyl groups excluding tert-OH is 12. The summed E-state index contributed by atoms with van der Waals surface area (Å²) in [5, 5.41) is 167. The molecule has 0 aromatic carbocycles. The maximum Gasteiger partial charge on any atom is 0.217 e. The first-order chi connectivity index (χ1) is 54.6. The highest BCUT2D eigenvalue weighted by atomic mass is 16.7. The van der Waals surface area contributed by atoms with Gasteiger partial charge in [-0.2, -0.15) is 0 Å². The summed E-state index contributed by atoms with van der Waals surface area (Å²) in [6.07, 6.45) is -1.99. The average Bonchev–Trinajstić information content (AvgIpc) is 1.07. The normalized spacial score (nSPS) is 28.5. The molecule has 4 aliphatic rings. The van der Waals surface area contributed by atoms with Crippen molar-refractivity contribution in [3.63, 3.8) is 0 Å². The number of hydrogen-bond acceptors (Lipinski definition) is 34. The number of aromatic nitrogens is 12. The van der Waals surface area contributed by atoms with E-state index in [-0.39, 0.29) is 38.7 Å². The van der Waals surface area contributed by atoms with E-state index in [0.29, 0.717) is 153 Å². The molecule has 4 aliphatic heterocycles. The molecule has 21 atom stereocenters. The largest absolute Gasteiger partial charge is 0.394 e. The van der Waals surface area contributed by atoms with Gasteiger partial charge in [0.05, 0.1) is 61.3 Å². The minimum atomic E-state index is -1.44. The van der Waals surface area contributed by atoms with Crippen LogP contribution < -0.4 is 16.0 Å². The number of ether oxygens (including phenoxy) is 8. The second-order valence-electron chi connectivity index (χ2n) is 31.2. The van der Waals surface area contributed by atoms with E-state index in [2.05, 4.69) is 67.0 Å². The molecule has 0 unspecified atom stereocenters. The van der Waals surface area contributed by atoms with Crippen LogP contribution in [0.2, 0.25) is 0 Å². The number of aliphatic hydroxyl groups is 12. The molecule has 15 N–H and O–H groups in total. The summed E-state index contributed by atoms with van der Waals surface area (Å²) in [6.45, 7) is 13.9. The van der Waals surface area contributed by atoms with E-state index in [1.807, 2.05) is 45.6 Å². The molecular formula is C73H125N17O24. The second-order valence-corrected chi connectivity index (χ2v) is 31.2. The number of unbranched alkanes of at least 4 members (excludes halogenated alkanes) is 9. The standard InChI is InChI=1S/C73H125N17O24/c1-44-60(98)61(99)53(40-91)111-69(44)107-28-18-8-13-24-87-36-48(77-81-87)32-85(33-49-37-88(82-78-49)25-14-9-19-29-108-70-57(74-45(2)95)65(103)62(100)54(41-92)112-70)23-17-12-22-52(68(106)73(5,6)7)86(34-50-38-89(83-79-50)26-15-10-20-30-109-71-58(75-46(3)96)66(104)63(101)55(42-93)113-71)35-51-39-90(84-80-51)27-16-11-21-31-110-72-59(76-47(4)97)67(105)64(102)56(43-94)114-72/h36-39,44,52-67,69-72,91-94,98-105H,8-35,40-43H2,1-7H3,(H,74,95)(H,75,96)(H,76,97)/t44-,52-,53-,54-,55-,56-,57-,58-,59-,60-,61+,62+,63+,64+,65-,66-,67-,69-,70-,71-,72-/m1/s1. The lowest BCUT2D eigenvalue weighted by atomic mass is 9.84. The molecule has 41 nitrogen and oxygen atoms in total. The number of carbonyl (C=O) groups excluding carboxylic acids is 4. The molecule has 4 aromatic heterocycles. The Hall–Kier alpha value is -6.24. The number of carbonyl (C=O) groups is 4. The zero-order chi connectivity index (χ0) is 82.6. The van der Waals surface area contributed by atoms with Gasteiger partial charge in [0.25, 0.3) is 0 Å². The van der Waals surface area contributed by atoms with Crippen molar-refractivity contribution in [3.05, 3.63) is 47.6 Å². The van der Waals surface area contributed by atoms with Crippen LogP contribution in [0.4, 0.5) is 0 Å². The van der Waals surface area contributed by atoms with Crippen molar-refractivity contribution in [2.75, 3.05) is 59.4 Å². The summed E-state index contributed by atoms with van der Waals surface area (Å²) < 4.78 is 53.6. The number of rotatable bonds is 50. The fourth-order valence-corrected chi connectivity index (χ4v) is 14.4. The molecule has 114 heavy (non-hydrogen) atoms. The molecule has 4 fully saturated rings. The van der Waals surface area contributed by atoms with Crippen molar-refractivity contribution in [3.8, 4) is 0 Å². The van der Waals surface area contributed by atoms with Gasteiger partial charge in [-0.1, -0.05) is 55.0 Å². The first-order valence-electron chi connectivity index (χ1n) is 39.9. The van der Waals surface area contributed by atoms with Crippen LogP contribution in [0.25, 0.3) is 0 Å². The molecule has 0 aliphatic carbocycles. The molecule has 3 amide bonds. The zero-order valence-electron chi connectivity index (χ0n) is 66.6. The van der Waals surface area contributed by atoms with Gasteiger partial charge in [-0.15, -0.1) is 20.4 Å². The summed E-state index contributed by atoms with van der Waals surface area (Å²) >= 11 is 0. The highest BCUT2D eigenvalue weighted by Crippen LogP contribution is 2.31. The molecule has 4 aromatic rings. The highest BCUT2D eigenvalue weighted by Gasteiger charge is 2.49. The third kappa shape index (κ3) is 28.2. The predicted molar refractivity (Wildman–Crippen MR) is 398 cm³/mol. The number of amides is 3. The Kier molecular flexibility index (Phi) is 38.3. The monoisotopic (exact) mass is 1620 g/mol. The third-order valence-electron chi connectivity index (χ3n) is 20.7. The van der Waals surface area contributed by atoms with Crippen molar-refractivity contribution >= 4 is 23.5 Å². The van der Waals surface area contributed by atoms with E-state index in [1.165, 1.54) is 20.8 Å². The number of nitrogens with zero attached hydrogens (tertiary/aromatic N) is 14. The van der Waals surface area contributed by atoms with E-state index >= 15 is 4.79 Å². The van der Waals surface area contributed by atoms with Gasteiger partial charge in [0.2, 0.25) is 17.7 Å². The Morgan fingerprint density at radius 2 is 0.719 bits per heavy atom. The van der Waals surface area contributed by atoms with Gasteiger partial charge in [-0.3, -0.25) is 47.7 Å². The molecule has 646 valence electrons. The van der Waals surface area contributed by atoms with Crippen molar-refractivity contribution < 1.29 is 118 Å². The van der Waals surface area contributed by atoms with Crippen LogP contribution in [0.5, 0.6) is 0 Å². The molecular weight excluding hydrogens is 1500 g/mol.